The number of hydrogen-bond donors (Lipinski definition) is 0. The van der Waals surface area contributed by atoms with Crippen LogP contribution < -0.4 is 4.90 Å². The zero-order valence-corrected chi connectivity index (χ0v) is 12.0. The van der Waals surface area contributed by atoms with E-state index < -0.39 is 5.97 Å². The average Bonchev–Trinajstić information content (AvgIpc) is 2.45. The minimum absolute atomic E-state index is 0.0542. The van der Waals surface area contributed by atoms with Gasteiger partial charge in [0.25, 0.3) is 0 Å². The van der Waals surface area contributed by atoms with Crippen molar-refractivity contribution < 1.29 is 19.1 Å². The summed E-state index contributed by atoms with van der Waals surface area (Å²) in [5, 5.41) is 0. The maximum atomic E-state index is 12.1. The molecule has 0 aromatic heterocycles. The number of ether oxygens (including phenoxy) is 1. The SMILES string of the molecule is COC(=O)c1ccccc1N(C)C(=O)CN(C)C(C)=O. The second kappa shape index (κ2) is 6.70. The first-order chi connectivity index (χ1) is 9.38. The van der Waals surface area contributed by atoms with Crippen molar-refractivity contribution >= 4 is 23.5 Å². The number of carbonyl (C=O) groups excluding carboxylic acids is 3. The Balaban J connectivity index is 2.97. The normalized spacial score (nSPS) is 9.80. The fourth-order valence-electron chi connectivity index (χ4n) is 1.60. The highest BCUT2D eigenvalue weighted by Crippen LogP contribution is 2.20. The van der Waals surface area contributed by atoms with Gasteiger partial charge in [0, 0.05) is 21.0 Å². The van der Waals surface area contributed by atoms with E-state index in [0.717, 1.165) is 0 Å². The molecule has 0 aliphatic rings. The number of benzene rings is 1. The molecular formula is C14H18N2O4. The summed E-state index contributed by atoms with van der Waals surface area (Å²) in [6, 6.07) is 6.65. The van der Waals surface area contributed by atoms with E-state index in [1.165, 1.54) is 23.8 Å². The van der Waals surface area contributed by atoms with E-state index in [1.807, 2.05) is 0 Å². The molecule has 0 atom stereocenters. The van der Waals surface area contributed by atoms with Crippen LogP contribution in [0.15, 0.2) is 24.3 Å². The van der Waals surface area contributed by atoms with E-state index in [0.29, 0.717) is 11.3 Å². The minimum atomic E-state index is -0.514. The third-order valence-electron chi connectivity index (χ3n) is 2.95. The smallest absolute Gasteiger partial charge is 0.339 e. The maximum Gasteiger partial charge on any atom is 0.339 e. The summed E-state index contributed by atoms with van der Waals surface area (Å²) in [6.07, 6.45) is 0. The average molecular weight is 278 g/mol. The number of nitrogens with zero attached hydrogens (tertiary/aromatic N) is 2. The molecule has 0 aliphatic carbocycles. The topological polar surface area (TPSA) is 66.9 Å². The lowest BCUT2D eigenvalue weighted by Crippen LogP contribution is -2.39. The van der Waals surface area contributed by atoms with Crippen LogP contribution in [0.25, 0.3) is 0 Å². The zero-order chi connectivity index (χ0) is 15.3. The fourth-order valence-corrected chi connectivity index (χ4v) is 1.60. The summed E-state index contributed by atoms with van der Waals surface area (Å²) >= 11 is 0. The van der Waals surface area contributed by atoms with Crippen LogP contribution in [0.3, 0.4) is 0 Å². The van der Waals surface area contributed by atoms with E-state index in [1.54, 1.807) is 38.4 Å². The van der Waals surface area contributed by atoms with Crippen LogP contribution in [0.5, 0.6) is 0 Å². The molecule has 0 saturated heterocycles. The Morgan fingerprint density at radius 2 is 1.75 bits per heavy atom. The second-order valence-electron chi connectivity index (χ2n) is 4.34. The number of para-hydroxylation sites is 1. The highest BCUT2D eigenvalue weighted by molar-refractivity contribution is 6.03. The summed E-state index contributed by atoms with van der Waals surface area (Å²) in [4.78, 5) is 37.6. The van der Waals surface area contributed by atoms with Crippen molar-refractivity contribution in [2.45, 2.75) is 6.92 Å². The van der Waals surface area contributed by atoms with Crippen LogP contribution in [0.4, 0.5) is 5.69 Å². The Hall–Kier alpha value is -2.37. The monoisotopic (exact) mass is 278 g/mol. The summed E-state index contributed by atoms with van der Waals surface area (Å²) in [5.74, 6) is -1.01. The number of likely N-dealkylation sites (N-methyl/N-ethyl adjacent to an activating group) is 2. The number of rotatable bonds is 4. The predicted molar refractivity (Wildman–Crippen MR) is 74.5 cm³/mol. The molecule has 6 heteroatoms. The molecule has 0 heterocycles. The molecule has 0 spiro atoms. The van der Waals surface area contributed by atoms with Crippen LogP contribution in [0.1, 0.15) is 17.3 Å². The van der Waals surface area contributed by atoms with Crippen LogP contribution >= 0.6 is 0 Å². The van der Waals surface area contributed by atoms with Gasteiger partial charge in [-0.3, -0.25) is 9.59 Å². The molecule has 0 unspecified atom stereocenters. The highest BCUT2D eigenvalue weighted by Gasteiger charge is 2.20. The van der Waals surface area contributed by atoms with E-state index in [9.17, 15) is 14.4 Å². The molecule has 0 saturated carbocycles. The van der Waals surface area contributed by atoms with Gasteiger partial charge in [-0.1, -0.05) is 12.1 Å². The number of hydrogen-bond acceptors (Lipinski definition) is 4. The number of anilines is 1. The molecule has 0 aliphatic heterocycles. The van der Waals surface area contributed by atoms with Crippen molar-refractivity contribution in [1.29, 1.82) is 0 Å². The zero-order valence-electron chi connectivity index (χ0n) is 12.0. The first-order valence-corrected chi connectivity index (χ1v) is 6.04. The van der Waals surface area contributed by atoms with Gasteiger partial charge < -0.3 is 14.5 Å². The summed E-state index contributed by atoms with van der Waals surface area (Å²) < 4.78 is 4.68. The Bertz CT molecular complexity index is 528. The van der Waals surface area contributed by atoms with Crippen LogP contribution in [0.2, 0.25) is 0 Å². The summed E-state index contributed by atoms with van der Waals surface area (Å²) in [6.45, 7) is 1.33. The van der Waals surface area contributed by atoms with E-state index in [-0.39, 0.29) is 18.4 Å². The standard InChI is InChI=1S/C14H18N2O4/c1-10(17)15(2)9-13(18)16(3)12-8-6-5-7-11(12)14(19)20-4/h5-8H,9H2,1-4H3. The molecule has 6 nitrogen and oxygen atoms in total. The molecule has 0 radical (unpaired) electrons. The largest absolute Gasteiger partial charge is 0.465 e. The molecule has 108 valence electrons. The van der Waals surface area contributed by atoms with Crippen molar-refractivity contribution in [3.8, 4) is 0 Å². The molecule has 2 amide bonds. The predicted octanol–water partition coefficient (Wildman–Crippen LogP) is 0.914. The third-order valence-corrected chi connectivity index (χ3v) is 2.95. The Morgan fingerprint density at radius 1 is 1.15 bits per heavy atom. The quantitative estimate of drug-likeness (QED) is 0.768. The van der Waals surface area contributed by atoms with Gasteiger partial charge in [-0.05, 0) is 12.1 Å². The van der Waals surface area contributed by atoms with Crippen LogP contribution in [0, 0.1) is 0 Å². The van der Waals surface area contributed by atoms with Crippen LogP contribution in [-0.4, -0.2) is 50.4 Å². The van der Waals surface area contributed by atoms with Gasteiger partial charge in [-0.15, -0.1) is 0 Å². The maximum absolute atomic E-state index is 12.1. The van der Waals surface area contributed by atoms with Gasteiger partial charge >= 0.3 is 5.97 Å². The lowest BCUT2D eigenvalue weighted by Gasteiger charge is -2.22. The van der Waals surface area contributed by atoms with Crippen molar-refractivity contribution in [1.82, 2.24) is 4.90 Å². The molecule has 0 N–H and O–H groups in total. The molecule has 1 aromatic carbocycles. The van der Waals surface area contributed by atoms with Crippen molar-refractivity contribution in [2.24, 2.45) is 0 Å². The second-order valence-corrected chi connectivity index (χ2v) is 4.34. The molecular weight excluding hydrogens is 260 g/mol. The highest BCUT2D eigenvalue weighted by atomic mass is 16.5. The lowest BCUT2D eigenvalue weighted by molar-refractivity contribution is -0.132. The van der Waals surface area contributed by atoms with Crippen molar-refractivity contribution in [3.63, 3.8) is 0 Å². The van der Waals surface area contributed by atoms with Gasteiger partial charge in [0.15, 0.2) is 0 Å². The van der Waals surface area contributed by atoms with Gasteiger partial charge in [0.1, 0.15) is 0 Å². The Kier molecular flexibility index (Phi) is 5.25. The summed E-state index contributed by atoms with van der Waals surface area (Å²) in [5.41, 5.74) is 0.748. The fraction of sp³-hybridized carbons (Fsp3) is 0.357. The Morgan fingerprint density at radius 3 is 2.30 bits per heavy atom. The van der Waals surface area contributed by atoms with Gasteiger partial charge in [-0.25, -0.2) is 4.79 Å². The first kappa shape index (κ1) is 15.7. The minimum Gasteiger partial charge on any atom is -0.465 e. The number of amides is 2. The Labute approximate surface area is 117 Å². The molecule has 20 heavy (non-hydrogen) atoms. The van der Waals surface area contributed by atoms with E-state index in [4.69, 9.17) is 0 Å². The van der Waals surface area contributed by atoms with Crippen molar-refractivity contribution in [2.75, 3.05) is 32.6 Å². The lowest BCUT2D eigenvalue weighted by atomic mass is 10.1. The molecule has 1 rings (SSSR count). The molecule has 1 aromatic rings. The number of carbonyl (C=O) groups is 3. The molecule has 0 fully saturated rings. The number of methoxy groups -OCH3 is 1. The summed E-state index contributed by atoms with van der Waals surface area (Å²) in [7, 11) is 4.38. The van der Waals surface area contributed by atoms with Crippen molar-refractivity contribution in [3.05, 3.63) is 29.8 Å². The third kappa shape index (κ3) is 3.57. The van der Waals surface area contributed by atoms with Crippen LogP contribution in [-0.2, 0) is 14.3 Å². The van der Waals surface area contributed by atoms with E-state index in [2.05, 4.69) is 4.74 Å². The number of esters is 1. The molecule has 0 bridgehead atoms. The van der Waals surface area contributed by atoms with E-state index >= 15 is 0 Å². The van der Waals surface area contributed by atoms with Gasteiger partial charge in [-0.2, -0.15) is 0 Å². The first-order valence-electron chi connectivity index (χ1n) is 6.04. The van der Waals surface area contributed by atoms with Gasteiger partial charge in [0.2, 0.25) is 11.8 Å². The van der Waals surface area contributed by atoms with Gasteiger partial charge in [0.05, 0.1) is 24.9 Å².